The average molecular weight is 628 g/mol. The maximum atomic E-state index is 13.3. The molecule has 0 spiro atoms. The van der Waals surface area contributed by atoms with Crippen LogP contribution in [0.4, 0.5) is 10.5 Å². The molecule has 1 saturated heterocycles. The Morgan fingerprint density at radius 1 is 0.892 bits per heavy atom. The Kier molecular flexibility index (Phi) is 8.14. The number of anilines is 1. The number of rotatable bonds is 7. The van der Waals surface area contributed by atoms with Gasteiger partial charge in [0.05, 0.1) is 12.3 Å². The lowest BCUT2D eigenvalue weighted by Gasteiger charge is -2.27. The molecule has 7 nitrogen and oxygen atoms in total. The monoisotopic (exact) mass is 626 g/mol. The number of ether oxygens (including phenoxy) is 2. The third-order valence-corrected chi connectivity index (χ3v) is 6.75. The van der Waals surface area contributed by atoms with Crippen LogP contribution in [0.2, 0.25) is 0 Å². The van der Waals surface area contributed by atoms with E-state index in [0.29, 0.717) is 40.4 Å². The lowest BCUT2D eigenvalue weighted by molar-refractivity contribution is -0.122. The molecule has 1 fully saturated rings. The molecule has 0 atom stereocenters. The number of nitrogens with one attached hydrogen (secondary N) is 1. The van der Waals surface area contributed by atoms with E-state index in [1.807, 2.05) is 51.1 Å². The number of hydrogen-bond donors (Lipinski definition) is 1. The number of benzene rings is 3. The molecule has 0 aliphatic carbocycles. The van der Waals surface area contributed by atoms with Gasteiger partial charge in [-0.15, -0.1) is 0 Å². The molecule has 0 aromatic heterocycles. The van der Waals surface area contributed by atoms with Crippen LogP contribution in [0.3, 0.4) is 0 Å². The quantitative estimate of drug-likeness (QED) is 0.240. The van der Waals surface area contributed by atoms with Crippen molar-refractivity contribution in [3.05, 3.63) is 91.4 Å². The zero-order valence-corrected chi connectivity index (χ0v) is 23.6. The number of hydrogen-bond acceptors (Lipinski definition) is 5. The molecule has 3 aromatic carbocycles. The number of carbonyl (C=O) groups excluding carboxylic acids is 3. The van der Waals surface area contributed by atoms with E-state index < -0.39 is 17.8 Å². The maximum Gasteiger partial charge on any atom is 0.335 e. The molecule has 1 aliphatic rings. The smallest absolute Gasteiger partial charge is 0.335 e. The lowest BCUT2D eigenvalue weighted by Crippen LogP contribution is -2.54. The molecule has 37 heavy (non-hydrogen) atoms. The summed E-state index contributed by atoms with van der Waals surface area (Å²) >= 11 is 6.94. The van der Waals surface area contributed by atoms with Crippen molar-refractivity contribution >= 4 is 61.5 Å². The van der Waals surface area contributed by atoms with Gasteiger partial charge in [-0.3, -0.25) is 14.9 Å². The highest BCUT2D eigenvalue weighted by molar-refractivity contribution is 9.10. The molecule has 0 unspecified atom stereocenters. The van der Waals surface area contributed by atoms with Crippen LogP contribution in [-0.4, -0.2) is 24.5 Å². The van der Waals surface area contributed by atoms with Gasteiger partial charge in [0.2, 0.25) is 0 Å². The van der Waals surface area contributed by atoms with E-state index in [1.165, 1.54) is 6.08 Å². The Balaban J connectivity index is 1.67. The molecule has 4 rings (SSSR count). The minimum Gasteiger partial charge on any atom is -0.490 e. The Hall–Kier alpha value is -3.43. The van der Waals surface area contributed by atoms with Crippen LogP contribution in [0.1, 0.15) is 29.2 Å². The molecule has 3 aromatic rings. The van der Waals surface area contributed by atoms with Crippen molar-refractivity contribution in [2.75, 3.05) is 11.5 Å². The number of aryl methyl sites for hydroxylation is 2. The summed E-state index contributed by atoms with van der Waals surface area (Å²) in [5.41, 5.74) is 3.50. The molecule has 1 N–H and O–H groups in total. The summed E-state index contributed by atoms with van der Waals surface area (Å²) in [5.74, 6) is -0.513. The van der Waals surface area contributed by atoms with Crippen LogP contribution >= 0.6 is 31.9 Å². The topological polar surface area (TPSA) is 84.9 Å². The maximum absolute atomic E-state index is 13.3. The molecule has 4 amide bonds. The first-order chi connectivity index (χ1) is 17.7. The summed E-state index contributed by atoms with van der Waals surface area (Å²) < 4.78 is 13.4. The van der Waals surface area contributed by atoms with E-state index in [9.17, 15) is 14.4 Å². The molecule has 190 valence electrons. The van der Waals surface area contributed by atoms with Crippen molar-refractivity contribution < 1.29 is 23.9 Å². The molecular formula is C28H24Br2N2O5. The SMILES string of the molecule is CCOc1cc(/C=C2\C(=O)NC(=O)N(c3cc(C)cc(C)c3)C2=O)c(Br)cc1OCc1ccc(Br)cc1. The second-order valence-electron chi connectivity index (χ2n) is 8.47. The molecule has 1 heterocycles. The summed E-state index contributed by atoms with van der Waals surface area (Å²) in [7, 11) is 0. The van der Waals surface area contributed by atoms with Gasteiger partial charge >= 0.3 is 6.03 Å². The van der Waals surface area contributed by atoms with E-state index in [0.717, 1.165) is 26.1 Å². The average Bonchev–Trinajstić information content (AvgIpc) is 2.83. The summed E-state index contributed by atoms with van der Waals surface area (Å²) in [5, 5.41) is 2.26. The predicted molar refractivity (Wildman–Crippen MR) is 149 cm³/mol. The molecular weight excluding hydrogens is 604 g/mol. The van der Waals surface area contributed by atoms with Crippen LogP contribution in [0.25, 0.3) is 6.08 Å². The van der Waals surface area contributed by atoms with Crippen molar-refractivity contribution in [1.29, 1.82) is 0 Å². The van der Waals surface area contributed by atoms with Crippen LogP contribution in [0.5, 0.6) is 11.5 Å². The van der Waals surface area contributed by atoms with Crippen LogP contribution in [-0.2, 0) is 16.2 Å². The number of carbonyl (C=O) groups is 3. The lowest BCUT2D eigenvalue weighted by atomic mass is 10.0. The summed E-state index contributed by atoms with van der Waals surface area (Å²) in [6.45, 7) is 6.31. The molecule has 0 saturated carbocycles. The molecule has 0 radical (unpaired) electrons. The zero-order valence-electron chi connectivity index (χ0n) is 20.4. The number of urea groups is 1. The highest BCUT2D eigenvalue weighted by Gasteiger charge is 2.37. The van der Waals surface area contributed by atoms with Gasteiger partial charge in [0.1, 0.15) is 12.2 Å². The molecule has 1 aliphatic heterocycles. The first kappa shape index (κ1) is 26.6. The summed E-state index contributed by atoms with van der Waals surface area (Å²) in [4.78, 5) is 39.6. The van der Waals surface area contributed by atoms with Crippen LogP contribution in [0, 0.1) is 13.8 Å². The van der Waals surface area contributed by atoms with E-state index in [-0.39, 0.29) is 5.57 Å². The largest absolute Gasteiger partial charge is 0.490 e. The van der Waals surface area contributed by atoms with Crippen molar-refractivity contribution in [2.24, 2.45) is 0 Å². The fourth-order valence-electron chi connectivity index (χ4n) is 3.91. The van der Waals surface area contributed by atoms with Gasteiger partial charge in [0.15, 0.2) is 11.5 Å². The minimum atomic E-state index is -0.789. The van der Waals surface area contributed by atoms with Gasteiger partial charge in [0, 0.05) is 8.95 Å². The third kappa shape index (κ3) is 6.11. The number of nitrogens with zero attached hydrogens (tertiary/aromatic N) is 1. The second kappa shape index (κ2) is 11.3. The van der Waals surface area contributed by atoms with E-state index in [1.54, 1.807) is 24.3 Å². The van der Waals surface area contributed by atoms with E-state index in [2.05, 4.69) is 37.2 Å². The minimum absolute atomic E-state index is 0.176. The van der Waals surface area contributed by atoms with Crippen molar-refractivity contribution in [2.45, 2.75) is 27.4 Å². The molecule has 9 heteroatoms. The third-order valence-electron chi connectivity index (χ3n) is 5.54. The Morgan fingerprint density at radius 2 is 1.54 bits per heavy atom. The molecule has 0 bridgehead atoms. The van der Waals surface area contributed by atoms with Gasteiger partial charge in [-0.2, -0.15) is 0 Å². The Labute approximate surface area is 231 Å². The van der Waals surface area contributed by atoms with Gasteiger partial charge in [-0.05, 0) is 85.5 Å². The Morgan fingerprint density at radius 3 is 2.19 bits per heavy atom. The number of amides is 4. The predicted octanol–water partition coefficient (Wildman–Crippen LogP) is 6.47. The number of imide groups is 2. The van der Waals surface area contributed by atoms with Crippen molar-refractivity contribution in [3.63, 3.8) is 0 Å². The highest BCUT2D eigenvalue weighted by Crippen LogP contribution is 2.36. The second-order valence-corrected chi connectivity index (χ2v) is 10.2. The van der Waals surface area contributed by atoms with Crippen LogP contribution < -0.4 is 19.7 Å². The summed E-state index contributed by atoms with van der Waals surface area (Å²) in [6.07, 6.45) is 1.44. The van der Waals surface area contributed by atoms with Crippen molar-refractivity contribution in [3.8, 4) is 11.5 Å². The fourth-order valence-corrected chi connectivity index (χ4v) is 4.61. The van der Waals surface area contributed by atoms with Gasteiger partial charge in [0.25, 0.3) is 11.8 Å². The van der Waals surface area contributed by atoms with Crippen molar-refractivity contribution in [1.82, 2.24) is 5.32 Å². The first-order valence-electron chi connectivity index (χ1n) is 11.5. The highest BCUT2D eigenvalue weighted by atomic mass is 79.9. The van der Waals surface area contributed by atoms with Gasteiger partial charge in [-0.1, -0.05) is 50.1 Å². The van der Waals surface area contributed by atoms with E-state index in [4.69, 9.17) is 9.47 Å². The fraction of sp³-hybridized carbons (Fsp3) is 0.179. The standard InChI is InChI=1S/C28H24Br2N2O5/c1-4-36-24-13-19(23(30)14-25(24)37-15-18-5-7-20(29)8-6-18)12-22-26(33)31-28(35)32(27(22)34)21-10-16(2)9-17(3)11-21/h5-14H,4,15H2,1-3H3,(H,31,33,35)/b22-12+. The van der Waals surface area contributed by atoms with Crippen LogP contribution in [0.15, 0.2) is 69.1 Å². The summed E-state index contributed by atoms with van der Waals surface area (Å²) in [6, 6.07) is 15.8. The Bertz CT molecular complexity index is 1400. The normalized spacial score (nSPS) is 14.7. The van der Waals surface area contributed by atoms with Gasteiger partial charge in [-0.25, -0.2) is 9.69 Å². The van der Waals surface area contributed by atoms with E-state index >= 15 is 0 Å². The number of barbiturate groups is 1. The number of halogens is 2. The van der Waals surface area contributed by atoms with Gasteiger partial charge < -0.3 is 9.47 Å². The first-order valence-corrected chi connectivity index (χ1v) is 13.1. The zero-order chi connectivity index (χ0) is 26.7.